The van der Waals surface area contributed by atoms with E-state index < -0.39 is 5.97 Å². The summed E-state index contributed by atoms with van der Waals surface area (Å²) in [6.07, 6.45) is 1.32. The molecule has 0 radical (unpaired) electrons. The first-order chi connectivity index (χ1) is 14.4. The summed E-state index contributed by atoms with van der Waals surface area (Å²) >= 11 is 6.03. The van der Waals surface area contributed by atoms with Crippen molar-refractivity contribution in [2.75, 3.05) is 24.6 Å². The van der Waals surface area contributed by atoms with Crippen LogP contribution in [0, 0.1) is 0 Å². The fraction of sp³-hybridized carbons (Fsp3) is 0.579. The summed E-state index contributed by atoms with van der Waals surface area (Å²) in [4.78, 5) is 37.0. The molecule has 0 aliphatic carbocycles. The maximum Gasteiger partial charge on any atom is 0.358 e. The van der Waals surface area contributed by atoms with Crippen LogP contribution < -0.4 is 10.2 Å². The van der Waals surface area contributed by atoms with E-state index in [9.17, 15) is 14.7 Å². The average Bonchev–Trinajstić information content (AvgIpc) is 3.33. The van der Waals surface area contributed by atoms with E-state index in [-0.39, 0.29) is 35.6 Å². The number of carbonyl (C=O) groups is 2. The molecule has 0 spiro atoms. The molecule has 3 N–H and O–H groups in total. The molecule has 10 nitrogen and oxygen atoms in total. The zero-order chi connectivity index (χ0) is 21.8. The molecule has 0 aromatic carbocycles. The zero-order valence-electron chi connectivity index (χ0n) is 17.2. The van der Waals surface area contributed by atoms with Crippen LogP contribution in [0.3, 0.4) is 0 Å². The lowest BCUT2D eigenvalue weighted by Crippen LogP contribution is -2.55. The fourth-order valence-electron chi connectivity index (χ4n) is 3.49. The number of aromatic nitrogens is 3. The summed E-state index contributed by atoms with van der Waals surface area (Å²) in [6, 6.07) is 0.00587. The highest BCUT2D eigenvalue weighted by Gasteiger charge is 2.34. The number of halogens is 1. The van der Waals surface area contributed by atoms with Crippen molar-refractivity contribution in [3.05, 3.63) is 28.1 Å². The molecular formula is C19H26ClN5O5. The van der Waals surface area contributed by atoms with Gasteiger partial charge in [0.25, 0.3) is 11.9 Å². The van der Waals surface area contributed by atoms with Gasteiger partial charge in [-0.2, -0.15) is 4.98 Å². The van der Waals surface area contributed by atoms with Crippen LogP contribution in [0.1, 0.15) is 59.8 Å². The summed E-state index contributed by atoms with van der Waals surface area (Å²) in [7, 11) is 0. The third-order valence-corrected chi connectivity index (χ3v) is 5.35. The van der Waals surface area contributed by atoms with Crippen LogP contribution >= 0.6 is 11.6 Å². The number of imidazole rings is 1. The van der Waals surface area contributed by atoms with Crippen LogP contribution in [0.5, 0.6) is 0 Å². The van der Waals surface area contributed by atoms with Crippen LogP contribution in [0.4, 0.5) is 6.01 Å². The molecule has 30 heavy (non-hydrogen) atoms. The zero-order valence-corrected chi connectivity index (χ0v) is 18.0. The Morgan fingerprint density at radius 1 is 1.33 bits per heavy atom. The number of hydrogen-bond donors (Lipinski definition) is 3. The summed E-state index contributed by atoms with van der Waals surface area (Å²) < 4.78 is 11.5. The van der Waals surface area contributed by atoms with E-state index in [2.05, 4.69) is 20.3 Å². The number of nitrogens with one attached hydrogen (secondary N) is 2. The van der Waals surface area contributed by atoms with Crippen molar-refractivity contribution in [1.29, 1.82) is 0 Å². The maximum atomic E-state index is 12.6. The number of carboxylic acids is 1. The predicted molar refractivity (Wildman–Crippen MR) is 109 cm³/mol. The summed E-state index contributed by atoms with van der Waals surface area (Å²) in [6.45, 7) is 7.00. The first-order valence-electron chi connectivity index (χ1n) is 10.0. The predicted octanol–water partition coefficient (Wildman–Crippen LogP) is 2.29. The van der Waals surface area contributed by atoms with Gasteiger partial charge < -0.3 is 29.5 Å². The Hall–Kier alpha value is -2.59. The quantitative estimate of drug-likeness (QED) is 0.570. The molecule has 0 saturated carbocycles. The number of ether oxygens (including phenoxy) is 1. The van der Waals surface area contributed by atoms with Gasteiger partial charge in [0.1, 0.15) is 5.76 Å². The number of rotatable bonds is 8. The van der Waals surface area contributed by atoms with E-state index in [1.165, 1.54) is 0 Å². The number of anilines is 1. The van der Waals surface area contributed by atoms with Crippen LogP contribution in [0.2, 0.25) is 5.15 Å². The Kier molecular flexibility index (Phi) is 6.99. The second-order valence-corrected chi connectivity index (χ2v) is 7.30. The topological polar surface area (TPSA) is 134 Å². The molecule has 2 aromatic heterocycles. The number of oxazole rings is 1. The van der Waals surface area contributed by atoms with E-state index in [1.54, 1.807) is 0 Å². The van der Waals surface area contributed by atoms with Gasteiger partial charge in [-0.1, -0.05) is 25.4 Å². The van der Waals surface area contributed by atoms with Gasteiger partial charge in [0, 0.05) is 19.6 Å². The van der Waals surface area contributed by atoms with Gasteiger partial charge >= 0.3 is 5.97 Å². The number of nitrogens with zero attached hydrogens (tertiary/aromatic N) is 3. The monoisotopic (exact) mass is 439 g/mol. The summed E-state index contributed by atoms with van der Waals surface area (Å²) in [5.41, 5.74) is 0.639. The lowest BCUT2D eigenvalue weighted by atomic mass is 10.0. The average molecular weight is 440 g/mol. The van der Waals surface area contributed by atoms with Crippen LogP contribution in [0.25, 0.3) is 0 Å². The molecule has 1 fully saturated rings. The lowest BCUT2D eigenvalue weighted by molar-refractivity contribution is 0.0262. The van der Waals surface area contributed by atoms with E-state index >= 15 is 0 Å². The van der Waals surface area contributed by atoms with Crippen molar-refractivity contribution in [1.82, 2.24) is 20.3 Å². The summed E-state index contributed by atoms with van der Waals surface area (Å²) in [5, 5.41) is 12.6. The molecule has 0 bridgehead atoms. The Morgan fingerprint density at radius 3 is 2.67 bits per heavy atom. The highest BCUT2D eigenvalue weighted by molar-refractivity contribution is 6.30. The third kappa shape index (κ3) is 4.59. The number of amides is 1. The molecule has 2 atom stereocenters. The van der Waals surface area contributed by atoms with Crippen molar-refractivity contribution >= 4 is 29.5 Å². The largest absolute Gasteiger partial charge is 0.476 e. The molecule has 1 amide bonds. The molecule has 1 saturated heterocycles. The van der Waals surface area contributed by atoms with E-state index in [0.29, 0.717) is 55.6 Å². The number of carbonyl (C=O) groups excluding carboxylic acids is 1. The van der Waals surface area contributed by atoms with Crippen LogP contribution in [0.15, 0.2) is 4.42 Å². The van der Waals surface area contributed by atoms with Crippen LogP contribution in [-0.4, -0.2) is 63.8 Å². The minimum Gasteiger partial charge on any atom is -0.476 e. The van der Waals surface area contributed by atoms with Crippen molar-refractivity contribution in [3.63, 3.8) is 0 Å². The van der Waals surface area contributed by atoms with Gasteiger partial charge in [0.2, 0.25) is 0 Å². The lowest BCUT2D eigenvalue weighted by Gasteiger charge is -2.37. The number of aryl methyl sites for hydroxylation is 2. The molecule has 2 aromatic rings. The smallest absolute Gasteiger partial charge is 0.358 e. The first kappa shape index (κ1) is 22.1. The number of aromatic carboxylic acids is 1. The molecule has 1 aliphatic heterocycles. The number of piperidine rings is 1. The maximum absolute atomic E-state index is 12.6. The summed E-state index contributed by atoms with van der Waals surface area (Å²) in [5.74, 6) is -0.963. The molecule has 1 aliphatic rings. The van der Waals surface area contributed by atoms with Gasteiger partial charge in [0.15, 0.2) is 16.7 Å². The van der Waals surface area contributed by atoms with Crippen molar-refractivity contribution in [3.8, 4) is 0 Å². The van der Waals surface area contributed by atoms with E-state index in [0.717, 1.165) is 0 Å². The molecular weight excluding hydrogens is 414 g/mol. The number of hydrogen-bond acceptors (Lipinski definition) is 7. The van der Waals surface area contributed by atoms with Gasteiger partial charge in [-0.25, -0.2) is 9.78 Å². The molecule has 0 unspecified atom stereocenters. The Bertz CT molecular complexity index is 911. The van der Waals surface area contributed by atoms with Crippen LogP contribution in [-0.2, 0) is 17.6 Å². The van der Waals surface area contributed by atoms with Gasteiger partial charge in [-0.3, -0.25) is 4.79 Å². The Morgan fingerprint density at radius 2 is 2.10 bits per heavy atom. The van der Waals surface area contributed by atoms with Gasteiger partial charge in [0.05, 0.1) is 24.4 Å². The van der Waals surface area contributed by atoms with Crippen molar-refractivity contribution in [2.45, 2.75) is 52.2 Å². The Balaban J connectivity index is 1.72. The van der Waals surface area contributed by atoms with Crippen molar-refractivity contribution in [2.24, 2.45) is 0 Å². The normalized spacial score (nSPS) is 19.1. The Labute approximate surface area is 179 Å². The van der Waals surface area contributed by atoms with Gasteiger partial charge in [-0.05, 0) is 19.8 Å². The standard InChI is InChI=1S/C19H26ClN5O5/c1-4-10-15(20)24-16(21-10)17(26)22-11-7-8-25(9-13(11)29-6-3)19-23-14(18(27)28)12(5-2)30-19/h11,13H,4-9H2,1-3H3,(H,21,24)(H,22,26)(H,27,28)/t11-,13+/m0/s1. The second-order valence-electron chi connectivity index (χ2n) is 6.94. The number of aromatic amines is 1. The molecule has 164 valence electrons. The van der Waals surface area contributed by atoms with E-state index in [1.807, 2.05) is 25.7 Å². The number of carboxylic acid groups (broad SMARTS) is 1. The SMILES string of the molecule is CCO[C@@H]1CN(c2nc(C(=O)O)c(CC)o2)CC[C@@H]1NC(=O)c1nc(Cl)c(CC)[nH]1. The molecule has 11 heteroatoms. The second kappa shape index (κ2) is 9.48. The van der Waals surface area contributed by atoms with Gasteiger partial charge in [-0.15, -0.1) is 0 Å². The minimum absolute atomic E-state index is 0.0719. The molecule has 3 heterocycles. The van der Waals surface area contributed by atoms with E-state index in [4.69, 9.17) is 20.8 Å². The molecule has 3 rings (SSSR count). The number of H-pyrrole nitrogens is 1. The van der Waals surface area contributed by atoms with Crippen molar-refractivity contribution < 1.29 is 23.8 Å². The fourth-order valence-corrected chi connectivity index (χ4v) is 3.75. The first-order valence-corrected chi connectivity index (χ1v) is 10.4. The third-order valence-electron chi connectivity index (χ3n) is 5.03. The minimum atomic E-state index is -1.12. The highest BCUT2D eigenvalue weighted by atomic mass is 35.5. The highest BCUT2D eigenvalue weighted by Crippen LogP contribution is 2.25.